The van der Waals surface area contributed by atoms with E-state index in [4.69, 9.17) is 0 Å². The van der Waals surface area contributed by atoms with Crippen LogP contribution in [-0.4, -0.2) is 28.6 Å². The molecule has 3 unspecified atom stereocenters. The summed E-state index contributed by atoms with van der Waals surface area (Å²) in [5.41, 5.74) is -0.145. The maximum Gasteiger partial charge on any atom is 0.244 e. The molecule has 1 amide bonds. The molecule has 0 aromatic carbocycles. The summed E-state index contributed by atoms with van der Waals surface area (Å²) in [6.45, 7) is 6.76. The number of carbonyl (C=O) groups excluding carboxylic acids is 1. The fourth-order valence-corrected chi connectivity index (χ4v) is 4.04. The van der Waals surface area contributed by atoms with Crippen LogP contribution in [0.3, 0.4) is 0 Å². The maximum atomic E-state index is 12.8. The number of amides is 1. The smallest absolute Gasteiger partial charge is 0.244 e. The fourth-order valence-electron chi connectivity index (χ4n) is 4.04. The van der Waals surface area contributed by atoms with Crippen molar-refractivity contribution in [2.45, 2.75) is 83.5 Å². The third kappa shape index (κ3) is 2.20. The van der Waals surface area contributed by atoms with Crippen LogP contribution in [0.5, 0.6) is 0 Å². The molecule has 0 bridgehead atoms. The highest BCUT2D eigenvalue weighted by molar-refractivity contribution is 5.92. The Hall–Kier alpha value is -0.570. The fraction of sp³-hybridized carbons (Fsp3) is 0.938. The lowest BCUT2D eigenvalue weighted by Gasteiger charge is -2.39. The molecule has 3 atom stereocenters. The van der Waals surface area contributed by atoms with Gasteiger partial charge in [-0.25, -0.2) is 0 Å². The summed E-state index contributed by atoms with van der Waals surface area (Å²) in [5.74, 6) is 1.74. The average molecular weight is 264 g/mol. The van der Waals surface area contributed by atoms with E-state index in [-0.39, 0.29) is 11.7 Å². The van der Waals surface area contributed by atoms with Gasteiger partial charge in [0.15, 0.2) is 0 Å². The van der Waals surface area contributed by atoms with Gasteiger partial charge < -0.3 is 4.90 Å². The molecule has 19 heavy (non-hydrogen) atoms. The van der Waals surface area contributed by atoms with Gasteiger partial charge in [-0.2, -0.15) is 0 Å². The first-order valence-corrected chi connectivity index (χ1v) is 8.18. The summed E-state index contributed by atoms with van der Waals surface area (Å²) in [4.78, 5) is 15.0. The van der Waals surface area contributed by atoms with Crippen LogP contribution in [0.25, 0.3) is 0 Å². The van der Waals surface area contributed by atoms with Crippen LogP contribution in [-0.2, 0) is 4.79 Å². The number of hydrogen-bond acceptors (Lipinski definition) is 2. The molecule has 2 saturated carbocycles. The Morgan fingerprint density at radius 1 is 1.37 bits per heavy atom. The zero-order chi connectivity index (χ0) is 13.6. The van der Waals surface area contributed by atoms with Crippen molar-refractivity contribution < 1.29 is 4.79 Å². The molecule has 1 heterocycles. The molecule has 3 nitrogen and oxygen atoms in total. The number of rotatable bonds is 3. The number of nitrogens with one attached hydrogen (secondary N) is 1. The van der Waals surface area contributed by atoms with Crippen LogP contribution in [0.2, 0.25) is 0 Å². The third-order valence-corrected chi connectivity index (χ3v) is 5.48. The standard InChI is InChI=1S/C16H28N2O/c1-4-12-6-5-7-13(10-12)18-14(11(2)3)17-16(8-9-16)15(18)19/h11-14,17H,4-10H2,1-3H3. The Balaban J connectivity index is 1.78. The summed E-state index contributed by atoms with van der Waals surface area (Å²) in [5, 5.41) is 3.65. The lowest BCUT2D eigenvalue weighted by atomic mass is 9.83. The first kappa shape index (κ1) is 13.4. The molecule has 1 spiro atoms. The second kappa shape index (κ2) is 4.76. The van der Waals surface area contributed by atoms with E-state index in [0.717, 1.165) is 18.8 Å². The van der Waals surface area contributed by atoms with Crippen LogP contribution < -0.4 is 5.32 Å². The van der Waals surface area contributed by atoms with Crippen LogP contribution >= 0.6 is 0 Å². The molecular weight excluding hydrogens is 236 g/mol. The van der Waals surface area contributed by atoms with Crippen LogP contribution in [0.15, 0.2) is 0 Å². The van der Waals surface area contributed by atoms with Gasteiger partial charge in [0.05, 0.1) is 11.7 Å². The van der Waals surface area contributed by atoms with Gasteiger partial charge in [0.1, 0.15) is 0 Å². The quantitative estimate of drug-likeness (QED) is 0.850. The van der Waals surface area contributed by atoms with Crippen molar-refractivity contribution in [3.05, 3.63) is 0 Å². The summed E-state index contributed by atoms with van der Waals surface area (Å²) in [6.07, 6.45) is 8.74. The zero-order valence-electron chi connectivity index (χ0n) is 12.6. The third-order valence-electron chi connectivity index (χ3n) is 5.48. The van der Waals surface area contributed by atoms with E-state index in [1.165, 1.54) is 32.1 Å². The van der Waals surface area contributed by atoms with Gasteiger partial charge in [0.2, 0.25) is 5.91 Å². The Morgan fingerprint density at radius 3 is 2.68 bits per heavy atom. The van der Waals surface area contributed by atoms with Gasteiger partial charge in [0.25, 0.3) is 0 Å². The minimum Gasteiger partial charge on any atom is -0.322 e. The Bertz CT molecular complexity index is 362. The van der Waals surface area contributed by atoms with E-state index < -0.39 is 0 Å². The molecular formula is C16H28N2O. The van der Waals surface area contributed by atoms with E-state index in [9.17, 15) is 4.79 Å². The highest BCUT2D eigenvalue weighted by atomic mass is 16.2. The van der Waals surface area contributed by atoms with Crippen molar-refractivity contribution in [3.63, 3.8) is 0 Å². The van der Waals surface area contributed by atoms with E-state index in [2.05, 4.69) is 31.0 Å². The van der Waals surface area contributed by atoms with Crippen molar-refractivity contribution in [1.29, 1.82) is 0 Å². The van der Waals surface area contributed by atoms with Crippen molar-refractivity contribution in [1.82, 2.24) is 10.2 Å². The lowest BCUT2D eigenvalue weighted by molar-refractivity contribution is -0.134. The first-order chi connectivity index (χ1) is 9.07. The summed E-state index contributed by atoms with van der Waals surface area (Å²) < 4.78 is 0. The molecule has 108 valence electrons. The number of carbonyl (C=O) groups is 1. The monoisotopic (exact) mass is 264 g/mol. The first-order valence-electron chi connectivity index (χ1n) is 8.18. The molecule has 3 aliphatic rings. The highest BCUT2D eigenvalue weighted by Gasteiger charge is 2.60. The van der Waals surface area contributed by atoms with E-state index in [1.54, 1.807) is 0 Å². The minimum atomic E-state index is -0.145. The van der Waals surface area contributed by atoms with Crippen LogP contribution in [0, 0.1) is 11.8 Å². The average Bonchev–Trinajstić information content (AvgIpc) is 3.12. The molecule has 3 rings (SSSR count). The summed E-state index contributed by atoms with van der Waals surface area (Å²) >= 11 is 0. The van der Waals surface area contributed by atoms with Crippen LogP contribution in [0.1, 0.15) is 65.7 Å². The van der Waals surface area contributed by atoms with E-state index in [1.807, 2.05) is 0 Å². The summed E-state index contributed by atoms with van der Waals surface area (Å²) in [7, 11) is 0. The Kier molecular flexibility index (Phi) is 3.36. The van der Waals surface area contributed by atoms with Gasteiger partial charge in [0, 0.05) is 6.04 Å². The second-order valence-electron chi connectivity index (χ2n) is 7.22. The molecule has 0 aromatic heterocycles. The molecule has 2 aliphatic carbocycles. The molecule has 1 N–H and O–H groups in total. The van der Waals surface area contributed by atoms with Crippen molar-refractivity contribution in [2.24, 2.45) is 11.8 Å². The lowest BCUT2D eigenvalue weighted by Crippen LogP contribution is -2.48. The van der Waals surface area contributed by atoms with Gasteiger partial charge in [-0.05, 0) is 37.5 Å². The zero-order valence-corrected chi connectivity index (χ0v) is 12.6. The summed E-state index contributed by atoms with van der Waals surface area (Å²) in [6, 6.07) is 0.492. The Labute approximate surface area is 117 Å². The van der Waals surface area contributed by atoms with Crippen LogP contribution in [0.4, 0.5) is 0 Å². The Morgan fingerprint density at radius 2 is 2.11 bits per heavy atom. The molecule has 1 saturated heterocycles. The van der Waals surface area contributed by atoms with Gasteiger partial charge in [-0.1, -0.05) is 40.0 Å². The van der Waals surface area contributed by atoms with Gasteiger partial charge in [-0.3, -0.25) is 10.1 Å². The second-order valence-corrected chi connectivity index (χ2v) is 7.22. The SMILES string of the molecule is CCC1CCCC(N2C(=O)C3(CC3)NC2C(C)C)C1. The van der Waals surface area contributed by atoms with E-state index in [0.29, 0.717) is 17.9 Å². The maximum absolute atomic E-state index is 12.8. The molecule has 0 radical (unpaired) electrons. The minimum absolute atomic E-state index is 0.145. The predicted molar refractivity (Wildman–Crippen MR) is 76.6 cm³/mol. The molecule has 1 aliphatic heterocycles. The molecule has 3 fully saturated rings. The molecule has 0 aromatic rings. The normalized spacial score (nSPS) is 37.4. The largest absolute Gasteiger partial charge is 0.322 e. The topological polar surface area (TPSA) is 32.3 Å². The number of nitrogens with zero attached hydrogens (tertiary/aromatic N) is 1. The van der Waals surface area contributed by atoms with Crippen molar-refractivity contribution >= 4 is 5.91 Å². The van der Waals surface area contributed by atoms with E-state index >= 15 is 0 Å². The number of hydrogen-bond donors (Lipinski definition) is 1. The predicted octanol–water partition coefficient (Wildman–Crippen LogP) is 2.90. The van der Waals surface area contributed by atoms with Gasteiger partial charge in [-0.15, -0.1) is 0 Å². The van der Waals surface area contributed by atoms with Gasteiger partial charge >= 0.3 is 0 Å². The van der Waals surface area contributed by atoms with Crippen molar-refractivity contribution in [3.8, 4) is 0 Å². The van der Waals surface area contributed by atoms with Crippen molar-refractivity contribution in [2.75, 3.05) is 0 Å². The molecule has 3 heteroatoms. The highest BCUT2D eigenvalue weighted by Crippen LogP contribution is 2.45.